The van der Waals surface area contributed by atoms with Crippen molar-refractivity contribution < 1.29 is 9.84 Å². The van der Waals surface area contributed by atoms with Crippen molar-refractivity contribution in [3.63, 3.8) is 0 Å². The summed E-state index contributed by atoms with van der Waals surface area (Å²) in [4.78, 5) is 2.17. The van der Waals surface area contributed by atoms with Gasteiger partial charge in [0.1, 0.15) is 5.75 Å². The van der Waals surface area contributed by atoms with E-state index in [1.54, 1.807) is 0 Å². The number of aliphatic hydroxyl groups excluding tert-OH is 1. The SMILES string of the molecule is CCOc1ccc(-c2ccc(N3CCC(O)CC3)nn2)cc1. The number of hydrogen-bond acceptors (Lipinski definition) is 5. The predicted molar refractivity (Wildman–Crippen MR) is 86.1 cm³/mol. The van der Waals surface area contributed by atoms with Gasteiger partial charge in [-0.1, -0.05) is 0 Å². The maximum absolute atomic E-state index is 9.55. The monoisotopic (exact) mass is 299 g/mol. The number of piperidine rings is 1. The molecule has 0 bridgehead atoms. The molecule has 116 valence electrons. The van der Waals surface area contributed by atoms with Crippen molar-refractivity contribution in [1.82, 2.24) is 10.2 Å². The van der Waals surface area contributed by atoms with E-state index in [1.807, 2.05) is 43.3 Å². The van der Waals surface area contributed by atoms with Crippen LogP contribution in [0, 0.1) is 0 Å². The molecule has 1 aliphatic heterocycles. The summed E-state index contributed by atoms with van der Waals surface area (Å²) in [5, 5.41) is 18.2. The summed E-state index contributed by atoms with van der Waals surface area (Å²) in [7, 11) is 0. The highest BCUT2D eigenvalue weighted by atomic mass is 16.5. The van der Waals surface area contributed by atoms with E-state index in [2.05, 4.69) is 15.1 Å². The standard InChI is InChI=1S/C17H21N3O2/c1-2-22-15-5-3-13(4-6-15)16-7-8-17(19-18-16)20-11-9-14(21)10-12-20/h3-8,14,21H,2,9-12H2,1H3. The Bertz CT molecular complexity index is 590. The van der Waals surface area contributed by atoms with E-state index in [0.29, 0.717) is 6.61 Å². The van der Waals surface area contributed by atoms with Gasteiger partial charge in [-0.2, -0.15) is 0 Å². The van der Waals surface area contributed by atoms with Crippen molar-refractivity contribution in [2.45, 2.75) is 25.9 Å². The average molecular weight is 299 g/mol. The van der Waals surface area contributed by atoms with Gasteiger partial charge >= 0.3 is 0 Å². The number of nitrogens with zero attached hydrogens (tertiary/aromatic N) is 3. The first-order valence-corrected chi connectivity index (χ1v) is 7.76. The van der Waals surface area contributed by atoms with Gasteiger partial charge < -0.3 is 14.7 Å². The van der Waals surface area contributed by atoms with Crippen LogP contribution in [0.4, 0.5) is 5.82 Å². The van der Waals surface area contributed by atoms with Crippen LogP contribution >= 0.6 is 0 Å². The van der Waals surface area contributed by atoms with Crippen LogP contribution in [-0.2, 0) is 0 Å². The molecule has 1 aromatic heterocycles. The van der Waals surface area contributed by atoms with Crippen LogP contribution in [-0.4, -0.2) is 41.1 Å². The molecule has 0 amide bonds. The number of anilines is 1. The minimum absolute atomic E-state index is 0.174. The van der Waals surface area contributed by atoms with Gasteiger partial charge in [-0.05, 0) is 56.2 Å². The van der Waals surface area contributed by atoms with Gasteiger partial charge in [0.05, 0.1) is 18.4 Å². The Hall–Kier alpha value is -2.14. The molecular weight excluding hydrogens is 278 g/mol. The first-order valence-electron chi connectivity index (χ1n) is 7.76. The van der Waals surface area contributed by atoms with E-state index in [0.717, 1.165) is 48.8 Å². The fraction of sp³-hybridized carbons (Fsp3) is 0.412. The zero-order chi connectivity index (χ0) is 15.4. The fourth-order valence-corrected chi connectivity index (χ4v) is 2.63. The zero-order valence-electron chi connectivity index (χ0n) is 12.8. The number of hydrogen-bond donors (Lipinski definition) is 1. The second kappa shape index (κ2) is 6.75. The first-order chi connectivity index (χ1) is 10.8. The van der Waals surface area contributed by atoms with Crippen LogP contribution in [0.25, 0.3) is 11.3 Å². The van der Waals surface area contributed by atoms with E-state index in [9.17, 15) is 5.11 Å². The van der Waals surface area contributed by atoms with Crippen molar-refractivity contribution in [3.05, 3.63) is 36.4 Å². The Morgan fingerprint density at radius 3 is 2.41 bits per heavy atom. The van der Waals surface area contributed by atoms with E-state index >= 15 is 0 Å². The van der Waals surface area contributed by atoms with Crippen molar-refractivity contribution in [1.29, 1.82) is 0 Å². The van der Waals surface area contributed by atoms with Gasteiger partial charge in [0.25, 0.3) is 0 Å². The number of aromatic nitrogens is 2. The molecule has 0 saturated carbocycles. The molecule has 2 heterocycles. The molecule has 5 heteroatoms. The maximum atomic E-state index is 9.55. The highest BCUT2D eigenvalue weighted by molar-refractivity contribution is 5.60. The summed E-state index contributed by atoms with van der Waals surface area (Å²) in [6.45, 7) is 4.30. The minimum Gasteiger partial charge on any atom is -0.494 e. The van der Waals surface area contributed by atoms with E-state index < -0.39 is 0 Å². The number of ether oxygens (including phenoxy) is 1. The summed E-state index contributed by atoms with van der Waals surface area (Å²) in [6, 6.07) is 11.9. The Labute approximate surface area is 130 Å². The summed E-state index contributed by atoms with van der Waals surface area (Å²) < 4.78 is 5.44. The molecule has 1 saturated heterocycles. The lowest BCUT2D eigenvalue weighted by atomic mass is 10.1. The second-order valence-electron chi connectivity index (χ2n) is 5.45. The van der Waals surface area contributed by atoms with Gasteiger partial charge in [0, 0.05) is 18.7 Å². The topological polar surface area (TPSA) is 58.5 Å². The third kappa shape index (κ3) is 3.36. The van der Waals surface area contributed by atoms with Crippen LogP contribution in [0.2, 0.25) is 0 Å². The Balaban J connectivity index is 1.70. The number of rotatable bonds is 4. The number of benzene rings is 1. The van der Waals surface area contributed by atoms with Gasteiger partial charge in [-0.3, -0.25) is 0 Å². The molecule has 0 radical (unpaired) electrons. The van der Waals surface area contributed by atoms with Crippen LogP contribution in [0.5, 0.6) is 5.75 Å². The third-order valence-electron chi connectivity index (χ3n) is 3.90. The number of aliphatic hydroxyl groups is 1. The fourth-order valence-electron chi connectivity index (χ4n) is 2.63. The van der Waals surface area contributed by atoms with Crippen LogP contribution in [0.15, 0.2) is 36.4 Å². The lowest BCUT2D eigenvalue weighted by Crippen LogP contribution is -2.36. The molecule has 1 fully saturated rings. The molecule has 1 N–H and O–H groups in total. The van der Waals surface area contributed by atoms with Gasteiger partial charge in [0.2, 0.25) is 0 Å². The van der Waals surface area contributed by atoms with Gasteiger partial charge in [-0.15, -0.1) is 10.2 Å². The lowest BCUT2D eigenvalue weighted by Gasteiger charge is -2.30. The molecular formula is C17H21N3O2. The van der Waals surface area contributed by atoms with Crippen molar-refractivity contribution in [2.75, 3.05) is 24.6 Å². The van der Waals surface area contributed by atoms with Gasteiger partial charge in [0.15, 0.2) is 5.82 Å². The molecule has 0 unspecified atom stereocenters. The summed E-state index contributed by atoms with van der Waals surface area (Å²) in [5.74, 6) is 1.74. The largest absolute Gasteiger partial charge is 0.494 e. The smallest absolute Gasteiger partial charge is 0.151 e. The molecule has 3 rings (SSSR count). The second-order valence-corrected chi connectivity index (χ2v) is 5.45. The molecule has 1 aromatic carbocycles. The van der Waals surface area contributed by atoms with Crippen molar-refractivity contribution in [2.24, 2.45) is 0 Å². The molecule has 0 spiro atoms. The first kappa shape index (κ1) is 14.8. The summed E-state index contributed by atoms with van der Waals surface area (Å²) >= 11 is 0. The maximum Gasteiger partial charge on any atom is 0.151 e. The molecule has 2 aromatic rings. The average Bonchev–Trinajstić information content (AvgIpc) is 2.57. The Morgan fingerprint density at radius 1 is 1.09 bits per heavy atom. The van der Waals surface area contributed by atoms with Crippen LogP contribution in [0.3, 0.4) is 0 Å². The highest BCUT2D eigenvalue weighted by Gasteiger charge is 2.18. The molecule has 0 atom stereocenters. The molecule has 0 aliphatic carbocycles. The summed E-state index contributed by atoms with van der Waals surface area (Å²) in [5.41, 5.74) is 1.88. The zero-order valence-corrected chi connectivity index (χ0v) is 12.8. The van der Waals surface area contributed by atoms with E-state index in [4.69, 9.17) is 4.74 Å². The van der Waals surface area contributed by atoms with E-state index in [-0.39, 0.29) is 6.10 Å². The van der Waals surface area contributed by atoms with Gasteiger partial charge in [-0.25, -0.2) is 0 Å². The summed E-state index contributed by atoms with van der Waals surface area (Å²) in [6.07, 6.45) is 1.41. The quantitative estimate of drug-likeness (QED) is 0.940. The van der Waals surface area contributed by atoms with E-state index in [1.165, 1.54) is 0 Å². The highest BCUT2D eigenvalue weighted by Crippen LogP contribution is 2.23. The molecule has 22 heavy (non-hydrogen) atoms. The Kier molecular flexibility index (Phi) is 4.53. The van der Waals surface area contributed by atoms with Crippen LogP contribution < -0.4 is 9.64 Å². The molecule has 1 aliphatic rings. The predicted octanol–water partition coefficient (Wildman–Crippen LogP) is 2.50. The lowest BCUT2D eigenvalue weighted by molar-refractivity contribution is 0.145. The normalized spacial score (nSPS) is 15.8. The minimum atomic E-state index is -0.174. The van der Waals surface area contributed by atoms with Crippen molar-refractivity contribution >= 4 is 5.82 Å². The van der Waals surface area contributed by atoms with Crippen LogP contribution in [0.1, 0.15) is 19.8 Å². The Morgan fingerprint density at radius 2 is 1.82 bits per heavy atom. The third-order valence-corrected chi connectivity index (χ3v) is 3.90. The van der Waals surface area contributed by atoms with Crippen molar-refractivity contribution in [3.8, 4) is 17.0 Å². The molecule has 5 nitrogen and oxygen atoms in total.